The third-order valence-electron chi connectivity index (χ3n) is 6.47. The number of aryl methyl sites for hydroxylation is 3. The van der Waals surface area contributed by atoms with Gasteiger partial charge in [-0.25, -0.2) is 4.39 Å². The van der Waals surface area contributed by atoms with Gasteiger partial charge < -0.3 is 10.2 Å². The van der Waals surface area contributed by atoms with Gasteiger partial charge in [0.25, 0.3) is 0 Å². The Morgan fingerprint density at radius 1 is 1.04 bits per heavy atom. The molecule has 0 radical (unpaired) electrons. The summed E-state index contributed by atoms with van der Waals surface area (Å²) < 4.78 is 14.4. The van der Waals surface area contributed by atoms with Crippen molar-refractivity contribution in [3.8, 4) is 10.4 Å². The SMILES string of the molecule is C=C(C)SCc1ccc(C)cc1.CC.CC(=N)/C(=C\C(C)CC(C)=O)Cc1cnn(C)c1.CCc1ccc(-c2ccc(F)cc2)s1. The van der Waals surface area contributed by atoms with E-state index in [0.717, 1.165) is 28.9 Å². The summed E-state index contributed by atoms with van der Waals surface area (Å²) in [7, 11) is 1.88. The summed E-state index contributed by atoms with van der Waals surface area (Å²) in [6.07, 6.45) is 8.08. The van der Waals surface area contributed by atoms with Gasteiger partial charge in [-0.2, -0.15) is 5.10 Å². The summed E-state index contributed by atoms with van der Waals surface area (Å²) in [4.78, 5) is 14.8. The Hall–Kier alpha value is -3.55. The van der Waals surface area contributed by atoms with Crippen LogP contribution >= 0.6 is 23.1 Å². The van der Waals surface area contributed by atoms with Gasteiger partial charge in [-0.05, 0) is 91.5 Å². The van der Waals surface area contributed by atoms with E-state index in [1.54, 1.807) is 41.6 Å². The molecule has 0 aliphatic carbocycles. The number of nitrogens with one attached hydrogen (secondary N) is 1. The normalized spacial score (nSPS) is 11.1. The number of ketones is 1. The summed E-state index contributed by atoms with van der Waals surface area (Å²) in [6, 6.07) is 19.5. The number of thioether (sulfide) groups is 1. The van der Waals surface area contributed by atoms with E-state index in [2.05, 4.69) is 61.9 Å². The third kappa shape index (κ3) is 16.7. The van der Waals surface area contributed by atoms with E-state index >= 15 is 0 Å². The number of rotatable bonds is 11. The van der Waals surface area contributed by atoms with Crippen LogP contribution < -0.4 is 0 Å². The van der Waals surface area contributed by atoms with Crippen molar-refractivity contribution < 1.29 is 9.18 Å². The minimum atomic E-state index is -0.180. The molecule has 0 saturated heterocycles. The van der Waals surface area contributed by atoms with Crippen LogP contribution in [0.25, 0.3) is 10.4 Å². The topological polar surface area (TPSA) is 58.7 Å². The molecular formula is C39H52FN3OS2. The lowest BCUT2D eigenvalue weighted by Gasteiger charge is -2.09. The molecule has 0 spiro atoms. The first-order valence-electron chi connectivity index (χ1n) is 15.8. The first kappa shape index (κ1) is 40.5. The number of benzene rings is 2. The molecule has 248 valence electrons. The van der Waals surface area contributed by atoms with Crippen LogP contribution in [0.2, 0.25) is 0 Å². The van der Waals surface area contributed by atoms with Gasteiger partial charge in [-0.15, -0.1) is 23.1 Å². The maximum atomic E-state index is 12.7. The van der Waals surface area contributed by atoms with Gasteiger partial charge >= 0.3 is 0 Å². The highest BCUT2D eigenvalue weighted by Gasteiger charge is 2.08. The molecule has 2 aromatic carbocycles. The van der Waals surface area contributed by atoms with E-state index in [9.17, 15) is 9.18 Å². The predicted molar refractivity (Wildman–Crippen MR) is 201 cm³/mol. The monoisotopic (exact) mass is 661 g/mol. The zero-order valence-corrected chi connectivity index (χ0v) is 30.7. The second kappa shape index (κ2) is 22.1. The number of aromatic nitrogens is 2. The number of Topliss-reactive ketones (excluding diaryl/α,β-unsaturated/α-hetero) is 1. The highest BCUT2D eigenvalue weighted by Crippen LogP contribution is 2.28. The number of carbonyl (C=O) groups is 1. The fraction of sp³-hybridized carbons (Fsp3) is 0.359. The van der Waals surface area contributed by atoms with Gasteiger partial charge in [0.15, 0.2) is 0 Å². The van der Waals surface area contributed by atoms with Crippen LogP contribution in [0.1, 0.15) is 76.5 Å². The Morgan fingerprint density at radius 2 is 1.67 bits per heavy atom. The average Bonchev–Trinajstić information content (AvgIpc) is 3.67. The van der Waals surface area contributed by atoms with Gasteiger partial charge in [0.05, 0.1) is 6.20 Å². The second-order valence-corrected chi connectivity index (χ2v) is 13.4. The van der Waals surface area contributed by atoms with E-state index in [1.165, 1.54) is 37.9 Å². The molecule has 0 aliphatic rings. The van der Waals surface area contributed by atoms with E-state index < -0.39 is 0 Å². The number of hydrogen-bond acceptors (Lipinski definition) is 5. The fourth-order valence-electron chi connectivity index (χ4n) is 4.18. The van der Waals surface area contributed by atoms with Crippen LogP contribution in [-0.4, -0.2) is 21.3 Å². The van der Waals surface area contributed by atoms with E-state index in [1.807, 2.05) is 65.3 Å². The van der Waals surface area contributed by atoms with Crippen LogP contribution in [-0.2, 0) is 30.4 Å². The molecule has 0 bridgehead atoms. The van der Waals surface area contributed by atoms with Crippen LogP contribution in [0, 0.1) is 24.1 Å². The van der Waals surface area contributed by atoms with E-state index in [-0.39, 0.29) is 17.5 Å². The Bertz CT molecular complexity index is 1520. The van der Waals surface area contributed by atoms with Crippen molar-refractivity contribution in [1.29, 1.82) is 5.41 Å². The molecule has 0 saturated carbocycles. The summed E-state index contributed by atoms with van der Waals surface area (Å²) in [5.74, 6) is 1.22. The lowest BCUT2D eigenvalue weighted by Crippen LogP contribution is -2.05. The quantitative estimate of drug-likeness (QED) is 0.163. The number of thiophene rings is 1. The lowest BCUT2D eigenvalue weighted by molar-refractivity contribution is -0.117. The van der Waals surface area contributed by atoms with Gasteiger partial charge in [-0.3, -0.25) is 4.68 Å². The molecule has 4 rings (SSSR count). The third-order valence-corrected chi connectivity index (χ3v) is 8.72. The van der Waals surface area contributed by atoms with Crippen molar-refractivity contribution in [2.24, 2.45) is 13.0 Å². The zero-order valence-electron chi connectivity index (χ0n) is 29.1. The molecule has 1 atom stereocenters. The van der Waals surface area contributed by atoms with Crippen molar-refractivity contribution >= 4 is 34.6 Å². The first-order valence-corrected chi connectivity index (χ1v) is 17.6. The van der Waals surface area contributed by atoms with Crippen LogP contribution in [0.5, 0.6) is 0 Å². The highest BCUT2D eigenvalue weighted by atomic mass is 32.2. The lowest BCUT2D eigenvalue weighted by atomic mass is 9.96. The highest BCUT2D eigenvalue weighted by molar-refractivity contribution is 8.02. The molecule has 7 heteroatoms. The molecule has 46 heavy (non-hydrogen) atoms. The van der Waals surface area contributed by atoms with Crippen molar-refractivity contribution in [2.75, 3.05) is 0 Å². The molecule has 2 aromatic heterocycles. The van der Waals surface area contributed by atoms with Crippen LogP contribution in [0.4, 0.5) is 4.39 Å². The van der Waals surface area contributed by atoms with E-state index in [0.29, 0.717) is 18.6 Å². The van der Waals surface area contributed by atoms with Crippen molar-refractivity contribution in [3.63, 3.8) is 0 Å². The van der Waals surface area contributed by atoms with Crippen molar-refractivity contribution in [3.05, 3.63) is 124 Å². The van der Waals surface area contributed by atoms with Crippen LogP contribution in [0.3, 0.4) is 0 Å². The minimum Gasteiger partial charge on any atom is -0.305 e. The number of halogens is 1. The summed E-state index contributed by atoms with van der Waals surface area (Å²) >= 11 is 3.57. The largest absolute Gasteiger partial charge is 0.305 e. The van der Waals surface area contributed by atoms with Gasteiger partial charge in [0.2, 0.25) is 0 Å². The van der Waals surface area contributed by atoms with Gasteiger partial charge in [0.1, 0.15) is 11.6 Å². The number of hydrogen-bond donors (Lipinski definition) is 1. The first-order chi connectivity index (χ1) is 21.9. The standard InChI is InChI=1S/C14H21N3O.C12H11FS.C11H14S.C2H6/c1-10(5-11(2)18)6-14(12(3)15)7-13-8-16-17(4)9-13;1-2-11-7-8-12(14-11)9-3-5-10(13)6-4-9;1-9(2)12-8-11-6-4-10(3)5-7-11;1-2/h6,8-10,15H,5,7H2,1-4H3;3-8H,2H2,1H3;4-7H,1,8H2,2-3H3;1-2H3/b14-6-,15-12?;;;. The Kier molecular flexibility index (Phi) is 19.4. The van der Waals surface area contributed by atoms with Crippen molar-refractivity contribution in [2.45, 2.75) is 80.4 Å². The molecule has 0 fully saturated rings. The number of allylic oxidation sites excluding steroid dienone is 3. The molecule has 1 unspecified atom stereocenters. The maximum absolute atomic E-state index is 12.7. The Morgan fingerprint density at radius 3 is 2.15 bits per heavy atom. The smallest absolute Gasteiger partial charge is 0.130 e. The van der Waals surface area contributed by atoms with Crippen molar-refractivity contribution in [1.82, 2.24) is 9.78 Å². The Labute approximate surface area is 285 Å². The Balaban J connectivity index is 0.000000342. The predicted octanol–water partition coefficient (Wildman–Crippen LogP) is 11.4. The molecule has 1 N–H and O–H groups in total. The van der Waals surface area contributed by atoms with Gasteiger partial charge in [-0.1, -0.05) is 82.3 Å². The maximum Gasteiger partial charge on any atom is 0.130 e. The fourth-order valence-corrected chi connectivity index (χ4v) is 5.74. The summed E-state index contributed by atoms with van der Waals surface area (Å²) in [6.45, 7) is 19.5. The molecular weight excluding hydrogens is 610 g/mol. The number of nitrogens with zero attached hydrogens (tertiary/aromatic N) is 2. The average molecular weight is 662 g/mol. The number of carbonyl (C=O) groups excluding carboxylic acids is 1. The molecule has 4 aromatic rings. The van der Waals surface area contributed by atoms with E-state index in [4.69, 9.17) is 5.41 Å². The molecule has 4 nitrogen and oxygen atoms in total. The summed E-state index contributed by atoms with van der Waals surface area (Å²) in [5.41, 5.74) is 6.39. The summed E-state index contributed by atoms with van der Waals surface area (Å²) in [5, 5.41) is 11.9. The zero-order chi connectivity index (χ0) is 34.6. The van der Waals surface area contributed by atoms with Gasteiger partial charge in [0, 0.05) is 47.3 Å². The molecule has 2 heterocycles. The second-order valence-electron chi connectivity index (χ2n) is 11.0. The molecule has 0 amide bonds. The van der Waals surface area contributed by atoms with Crippen LogP contribution in [0.15, 0.2) is 96.2 Å². The minimum absolute atomic E-state index is 0.175. The molecule has 0 aliphatic heterocycles.